The highest BCUT2D eigenvalue weighted by Crippen LogP contribution is 2.38. The fourth-order valence-corrected chi connectivity index (χ4v) is 3.10. The molecule has 5 rings (SSSR count). The summed E-state index contributed by atoms with van der Waals surface area (Å²) in [5, 5.41) is 25.4. The van der Waals surface area contributed by atoms with Crippen LogP contribution in [0.15, 0.2) is 48.5 Å². The molecule has 2 bridgehead atoms. The van der Waals surface area contributed by atoms with E-state index in [0.717, 1.165) is 0 Å². The van der Waals surface area contributed by atoms with Crippen molar-refractivity contribution in [3.63, 3.8) is 0 Å². The van der Waals surface area contributed by atoms with Crippen LogP contribution in [0.2, 0.25) is 0 Å². The van der Waals surface area contributed by atoms with Crippen molar-refractivity contribution in [2.75, 3.05) is 6.54 Å². The monoisotopic (exact) mass is 340 g/mol. The maximum absolute atomic E-state index is 12.7. The SMILES string of the molecule is CC1CN2N(C(=O)c3ccccc3O)N1N2C(=O)c1ccccc1O. The Morgan fingerprint density at radius 2 is 1.32 bits per heavy atom. The Balaban J connectivity index is 1.62. The molecule has 2 N–H and O–H groups in total. The highest BCUT2D eigenvalue weighted by atomic mass is 16.4. The molecule has 0 radical (unpaired) electrons. The summed E-state index contributed by atoms with van der Waals surface area (Å²) in [6.45, 7) is 2.32. The lowest BCUT2D eigenvalue weighted by atomic mass is 10.2. The third kappa shape index (κ3) is 2.15. The van der Waals surface area contributed by atoms with E-state index in [1.807, 2.05) is 6.92 Å². The predicted octanol–water partition coefficient (Wildman–Crippen LogP) is 1.36. The minimum Gasteiger partial charge on any atom is -0.507 e. The molecule has 8 nitrogen and oxygen atoms in total. The van der Waals surface area contributed by atoms with E-state index in [-0.39, 0.29) is 28.7 Å². The number of rotatable bonds is 2. The number of fused-ring (bicyclic) bond motifs is 1. The van der Waals surface area contributed by atoms with Crippen molar-refractivity contribution in [1.82, 2.24) is 20.5 Å². The van der Waals surface area contributed by atoms with Crippen LogP contribution in [0.1, 0.15) is 27.6 Å². The van der Waals surface area contributed by atoms with E-state index >= 15 is 0 Å². The van der Waals surface area contributed by atoms with Gasteiger partial charge in [0.05, 0.1) is 23.7 Å². The molecule has 3 heterocycles. The van der Waals surface area contributed by atoms with Crippen LogP contribution >= 0.6 is 0 Å². The van der Waals surface area contributed by atoms with Gasteiger partial charge in [0.2, 0.25) is 0 Å². The van der Waals surface area contributed by atoms with E-state index in [2.05, 4.69) is 0 Å². The number of carbonyl (C=O) groups is 2. The number of hydrogen-bond donors (Lipinski definition) is 2. The first-order valence-corrected chi connectivity index (χ1v) is 7.82. The van der Waals surface area contributed by atoms with Gasteiger partial charge in [-0.05, 0) is 31.2 Å². The van der Waals surface area contributed by atoms with Gasteiger partial charge in [-0.2, -0.15) is 10.2 Å². The molecule has 3 aliphatic heterocycles. The topological polar surface area (TPSA) is 87.6 Å². The van der Waals surface area contributed by atoms with Gasteiger partial charge in [0.1, 0.15) is 11.5 Å². The maximum atomic E-state index is 12.7. The molecule has 3 fully saturated rings. The average molecular weight is 340 g/mol. The second kappa shape index (κ2) is 5.47. The van der Waals surface area contributed by atoms with Crippen LogP contribution in [-0.4, -0.2) is 55.1 Å². The standard InChI is InChI=1S/C17H16N4O4/c1-11-10-18-20(16(24)12-6-2-4-8-14(12)22)19(11)21(18)17(25)13-7-3-5-9-15(13)23/h2-9,11,22-23H,10H2,1H3. The van der Waals surface area contributed by atoms with Crippen LogP contribution in [0.3, 0.4) is 0 Å². The molecule has 1 unspecified atom stereocenters. The Morgan fingerprint density at radius 3 is 1.68 bits per heavy atom. The van der Waals surface area contributed by atoms with E-state index < -0.39 is 11.8 Å². The third-order valence-electron chi connectivity index (χ3n) is 4.28. The first kappa shape index (κ1) is 15.4. The van der Waals surface area contributed by atoms with E-state index in [1.54, 1.807) is 24.3 Å². The number of amides is 2. The Bertz CT molecular complexity index is 806. The molecule has 0 saturated carbocycles. The van der Waals surface area contributed by atoms with Crippen molar-refractivity contribution in [1.29, 1.82) is 0 Å². The summed E-state index contributed by atoms with van der Waals surface area (Å²) in [5.41, 5.74) is 0.308. The van der Waals surface area contributed by atoms with Crippen molar-refractivity contribution in [2.24, 2.45) is 0 Å². The molecule has 2 amide bonds. The van der Waals surface area contributed by atoms with Gasteiger partial charge in [0.15, 0.2) is 0 Å². The van der Waals surface area contributed by atoms with Gasteiger partial charge in [-0.3, -0.25) is 9.59 Å². The lowest BCUT2D eigenvalue weighted by Crippen LogP contribution is -2.74. The number of aromatic hydroxyl groups is 2. The molecule has 0 aliphatic carbocycles. The molecule has 25 heavy (non-hydrogen) atoms. The van der Waals surface area contributed by atoms with E-state index in [0.29, 0.717) is 6.54 Å². The van der Waals surface area contributed by atoms with Crippen LogP contribution in [0, 0.1) is 0 Å². The smallest absolute Gasteiger partial charge is 0.290 e. The van der Waals surface area contributed by atoms with Gasteiger partial charge in [-0.1, -0.05) is 34.5 Å². The van der Waals surface area contributed by atoms with E-state index in [1.165, 1.54) is 44.7 Å². The number of hydrazine groups is 4. The van der Waals surface area contributed by atoms with Crippen molar-refractivity contribution < 1.29 is 19.8 Å². The zero-order valence-electron chi connectivity index (χ0n) is 13.4. The summed E-state index contributed by atoms with van der Waals surface area (Å²) >= 11 is 0. The van der Waals surface area contributed by atoms with Crippen LogP contribution in [-0.2, 0) is 0 Å². The fourth-order valence-electron chi connectivity index (χ4n) is 3.10. The molecular formula is C17H16N4O4. The lowest BCUT2D eigenvalue weighted by Gasteiger charge is -2.52. The zero-order valence-corrected chi connectivity index (χ0v) is 13.4. The average Bonchev–Trinajstić information content (AvgIpc) is 3.10. The lowest BCUT2D eigenvalue weighted by molar-refractivity contribution is -0.402. The largest absolute Gasteiger partial charge is 0.507 e. The Hall–Kier alpha value is -3.10. The highest BCUT2D eigenvalue weighted by molar-refractivity contribution is 5.99. The van der Waals surface area contributed by atoms with Crippen LogP contribution in [0.25, 0.3) is 0 Å². The van der Waals surface area contributed by atoms with Crippen LogP contribution in [0.4, 0.5) is 0 Å². The predicted molar refractivity (Wildman–Crippen MR) is 86.6 cm³/mol. The molecule has 3 aliphatic rings. The fraction of sp³-hybridized carbons (Fsp3) is 0.176. The maximum Gasteiger partial charge on any atom is 0.290 e. The van der Waals surface area contributed by atoms with Crippen molar-refractivity contribution in [3.05, 3.63) is 59.7 Å². The van der Waals surface area contributed by atoms with Gasteiger partial charge in [0, 0.05) is 0 Å². The highest BCUT2D eigenvalue weighted by Gasteiger charge is 2.59. The molecule has 0 aromatic heterocycles. The van der Waals surface area contributed by atoms with Crippen molar-refractivity contribution in [3.8, 4) is 11.5 Å². The zero-order chi connectivity index (χ0) is 17.7. The van der Waals surface area contributed by atoms with Crippen LogP contribution < -0.4 is 0 Å². The van der Waals surface area contributed by atoms with Gasteiger partial charge in [-0.15, -0.1) is 0 Å². The molecule has 1 atom stereocenters. The summed E-state index contributed by atoms with van der Waals surface area (Å²) in [6.07, 6.45) is 0. The second-order valence-electron chi connectivity index (χ2n) is 5.95. The first-order valence-electron chi connectivity index (χ1n) is 7.82. The summed E-state index contributed by atoms with van der Waals surface area (Å²) in [4.78, 5) is 25.4. The summed E-state index contributed by atoms with van der Waals surface area (Å²) in [7, 11) is 0. The molecule has 8 heteroatoms. The second-order valence-corrected chi connectivity index (χ2v) is 5.95. The molecule has 3 saturated heterocycles. The van der Waals surface area contributed by atoms with Crippen LogP contribution in [0.5, 0.6) is 11.5 Å². The Kier molecular flexibility index (Phi) is 3.38. The third-order valence-corrected chi connectivity index (χ3v) is 4.28. The van der Waals surface area contributed by atoms with Gasteiger partial charge < -0.3 is 10.2 Å². The number of phenolic OH excluding ortho intramolecular Hbond substituents is 2. The molecule has 2 aromatic rings. The summed E-state index contributed by atoms with van der Waals surface area (Å²) in [6, 6.07) is 12.4. The van der Waals surface area contributed by atoms with Gasteiger partial charge in [-0.25, -0.2) is 0 Å². The quantitative estimate of drug-likeness (QED) is 0.858. The summed E-state index contributed by atoms with van der Waals surface area (Å²) in [5.74, 6) is -1.09. The summed E-state index contributed by atoms with van der Waals surface area (Å²) < 4.78 is 0. The van der Waals surface area contributed by atoms with Crippen molar-refractivity contribution >= 4 is 11.8 Å². The van der Waals surface area contributed by atoms with Gasteiger partial charge >= 0.3 is 0 Å². The minimum absolute atomic E-state index is 0.107. The molecule has 2 aromatic carbocycles. The first-order chi connectivity index (χ1) is 12.0. The Morgan fingerprint density at radius 1 is 0.880 bits per heavy atom. The number of hydrogen-bond acceptors (Lipinski definition) is 6. The van der Waals surface area contributed by atoms with Gasteiger partial charge in [0.25, 0.3) is 11.8 Å². The normalized spacial score (nSPS) is 24.1. The Labute approximate surface area is 143 Å². The minimum atomic E-state index is -0.427. The van der Waals surface area contributed by atoms with Crippen molar-refractivity contribution in [2.45, 2.75) is 13.0 Å². The number of carbonyl (C=O) groups excluding carboxylic acids is 2. The molecule has 0 spiro atoms. The molecule has 128 valence electrons. The van der Waals surface area contributed by atoms with E-state index in [4.69, 9.17) is 0 Å². The number of para-hydroxylation sites is 2. The molecular weight excluding hydrogens is 324 g/mol. The number of benzene rings is 2. The number of nitrogens with zero attached hydrogens (tertiary/aromatic N) is 4. The number of phenols is 2. The van der Waals surface area contributed by atoms with E-state index in [9.17, 15) is 19.8 Å².